The average Bonchev–Trinajstić information content (AvgIpc) is 2.48. The van der Waals surface area contributed by atoms with Gasteiger partial charge in [0.25, 0.3) is 0 Å². The minimum absolute atomic E-state index is 0.354. The molecular formula is C15H26N2O2. The highest BCUT2D eigenvalue weighted by Gasteiger charge is 2.35. The van der Waals surface area contributed by atoms with Gasteiger partial charge in [-0.1, -0.05) is 0 Å². The smallest absolute Gasteiger partial charge is 0.236 e. The van der Waals surface area contributed by atoms with Crippen LogP contribution in [-0.4, -0.2) is 61.1 Å². The van der Waals surface area contributed by atoms with Gasteiger partial charge in [-0.2, -0.15) is 0 Å². The molecule has 4 nitrogen and oxygen atoms in total. The number of fused-ring (bicyclic) bond motifs is 1. The molecule has 0 radical (unpaired) electrons. The van der Waals surface area contributed by atoms with Crippen LogP contribution in [0.15, 0.2) is 0 Å². The SMILES string of the molecule is O=C(CN1CCCC2COCCC21)N1CCCCC1. The number of rotatable bonds is 2. The second-order valence-corrected chi connectivity index (χ2v) is 6.25. The van der Waals surface area contributed by atoms with Gasteiger partial charge in [0.1, 0.15) is 0 Å². The van der Waals surface area contributed by atoms with Gasteiger partial charge in [-0.25, -0.2) is 0 Å². The fourth-order valence-electron chi connectivity index (χ4n) is 3.88. The first-order chi connectivity index (χ1) is 9.34. The quantitative estimate of drug-likeness (QED) is 0.759. The second kappa shape index (κ2) is 6.23. The predicted molar refractivity (Wildman–Crippen MR) is 74.0 cm³/mol. The molecule has 0 aliphatic carbocycles. The Bertz CT molecular complexity index is 313. The van der Waals surface area contributed by atoms with Gasteiger partial charge in [-0.3, -0.25) is 9.69 Å². The summed E-state index contributed by atoms with van der Waals surface area (Å²) in [6.07, 6.45) is 7.27. The van der Waals surface area contributed by atoms with Crippen LogP contribution in [0.4, 0.5) is 0 Å². The molecule has 4 heteroatoms. The molecule has 3 fully saturated rings. The Balaban J connectivity index is 1.56. The minimum atomic E-state index is 0.354. The predicted octanol–water partition coefficient (Wildman–Crippen LogP) is 1.50. The van der Waals surface area contributed by atoms with Crippen LogP contribution in [0.25, 0.3) is 0 Å². The molecule has 0 saturated carbocycles. The first-order valence-corrected chi connectivity index (χ1v) is 7.94. The molecule has 2 unspecified atom stereocenters. The van der Waals surface area contributed by atoms with Crippen molar-refractivity contribution in [3.8, 4) is 0 Å². The van der Waals surface area contributed by atoms with E-state index in [1.807, 2.05) is 0 Å². The third-order valence-electron chi connectivity index (χ3n) is 4.97. The number of amides is 1. The zero-order valence-corrected chi connectivity index (χ0v) is 11.9. The largest absolute Gasteiger partial charge is 0.381 e. The standard InChI is InChI=1S/C15H26N2O2/c18-15(16-7-2-1-3-8-16)11-17-9-4-5-13-12-19-10-6-14(13)17/h13-14H,1-12H2. The summed E-state index contributed by atoms with van der Waals surface area (Å²) in [4.78, 5) is 16.9. The Kier molecular flexibility index (Phi) is 4.38. The first-order valence-electron chi connectivity index (χ1n) is 7.94. The normalized spacial score (nSPS) is 32.9. The van der Waals surface area contributed by atoms with E-state index in [-0.39, 0.29) is 0 Å². The van der Waals surface area contributed by atoms with Crippen molar-refractivity contribution in [1.29, 1.82) is 0 Å². The number of nitrogens with zero attached hydrogens (tertiary/aromatic N) is 2. The van der Waals surface area contributed by atoms with Crippen molar-refractivity contribution in [2.75, 3.05) is 39.4 Å². The number of piperidine rings is 2. The molecule has 3 rings (SSSR count). The molecule has 3 saturated heterocycles. The van der Waals surface area contributed by atoms with Crippen LogP contribution >= 0.6 is 0 Å². The van der Waals surface area contributed by atoms with Crippen LogP contribution in [0.1, 0.15) is 38.5 Å². The van der Waals surface area contributed by atoms with E-state index in [9.17, 15) is 4.79 Å². The lowest BCUT2D eigenvalue weighted by Gasteiger charge is -2.44. The maximum Gasteiger partial charge on any atom is 0.236 e. The minimum Gasteiger partial charge on any atom is -0.381 e. The molecule has 0 spiro atoms. The van der Waals surface area contributed by atoms with Crippen LogP contribution in [0.3, 0.4) is 0 Å². The molecular weight excluding hydrogens is 240 g/mol. The number of carbonyl (C=O) groups is 1. The van der Waals surface area contributed by atoms with Gasteiger partial charge in [-0.15, -0.1) is 0 Å². The lowest BCUT2D eigenvalue weighted by atomic mass is 9.86. The highest BCUT2D eigenvalue weighted by molar-refractivity contribution is 5.78. The van der Waals surface area contributed by atoms with E-state index in [2.05, 4.69) is 9.80 Å². The molecule has 0 N–H and O–H groups in total. The molecule has 108 valence electrons. The summed E-state index contributed by atoms with van der Waals surface area (Å²) in [5, 5.41) is 0. The topological polar surface area (TPSA) is 32.8 Å². The van der Waals surface area contributed by atoms with Gasteiger partial charge < -0.3 is 9.64 Å². The summed E-state index contributed by atoms with van der Waals surface area (Å²) in [6, 6.07) is 0.594. The van der Waals surface area contributed by atoms with Crippen molar-refractivity contribution >= 4 is 5.91 Å². The van der Waals surface area contributed by atoms with Crippen LogP contribution in [0, 0.1) is 5.92 Å². The molecule has 0 aromatic carbocycles. The first kappa shape index (κ1) is 13.4. The number of hydrogen-bond donors (Lipinski definition) is 0. The summed E-state index contributed by atoms with van der Waals surface area (Å²) in [5.41, 5.74) is 0. The van der Waals surface area contributed by atoms with E-state index in [0.29, 0.717) is 24.4 Å². The number of ether oxygens (including phenoxy) is 1. The van der Waals surface area contributed by atoms with Crippen molar-refractivity contribution in [1.82, 2.24) is 9.80 Å². The van der Waals surface area contributed by atoms with Gasteiger partial charge in [-0.05, 0) is 51.0 Å². The zero-order chi connectivity index (χ0) is 13.1. The molecule has 3 aliphatic heterocycles. The number of hydrogen-bond acceptors (Lipinski definition) is 3. The molecule has 3 heterocycles. The third-order valence-corrected chi connectivity index (χ3v) is 4.97. The van der Waals surface area contributed by atoms with Crippen molar-refractivity contribution < 1.29 is 9.53 Å². The van der Waals surface area contributed by atoms with Crippen molar-refractivity contribution in [3.63, 3.8) is 0 Å². The summed E-state index contributed by atoms with van der Waals surface area (Å²) >= 11 is 0. The van der Waals surface area contributed by atoms with Crippen LogP contribution in [0.2, 0.25) is 0 Å². The van der Waals surface area contributed by atoms with E-state index in [0.717, 1.165) is 39.3 Å². The van der Waals surface area contributed by atoms with E-state index in [1.165, 1.54) is 32.1 Å². The average molecular weight is 266 g/mol. The molecule has 19 heavy (non-hydrogen) atoms. The van der Waals surface area contributed by atoms with E-state index >= 15 is 0 Å². The van der Waals surface area contributed by atoms with E-state index < -0.39 is 0 Å². The van der Waals surface area contributed by atoms with Gasteiger partial charge in [0.05, 0.1) is 13.2 Å². The maximum atomic E-state index is 12.4. The Morgan fingerprint density at radius 3 is 2.74 bits per heavy atom. The summed E-state index contributed by atoms with van der Waals surface area (Å²) in [7, 11) is 0. The molecule has 1 amide bonds. The Hall–Kier alpha value is -0.610. The third kappa shape index (κ3) is 3.11. The monoisotopic (exact) mass is 266 g/mol. The Labute approximate surface area is 116 Å². The summed E-state index contributed by atoms with van der Waals surface area (Å²) < 4.78 is 5.59. The van der Waals surface area contributed by atoms with Crippen molar-refractivity contribution in [3.05, 3.63) is 0 Å². The van der Waals surface area contributed by atoms with Crippen LogP contribution in [0.5, 0.6) is 0 Å². The van der Waals surface area contributed by atoms with Crippen LogP contribution in [-0.2, 0) is 9.53 Å². The molecule has 0 bridgehead atoms. The van der Waals surface area contributed by atoms with Crippen molar-refractivity contribution in [2.45, 2.75) is 44.6 Å². The molecule has 2 atom stereocenters. The maximum absolute atomic E-state index is 12.4. The van der Waals surface area contributed by atoms with Crippen LogP contribution < -0.4 is 0 Å². The Morgan fingerprint density at radius 2 is 1.89 bits per heavy atom. The van der Waals surface area contributed by atoms with Gasteiger partial charge in [0.15, 0.2) is 0 Å². The number of likely N-dealkylation sites (tertiary alicyclic amines) is 2. The lowest BCUT2D eigenvalue weighted by Crippen LogP contribution is -2.53. The fraction of sp³-hybridized carbons (Fsp3) is 0.933. The molecule has 0 aromatic heterocycles. The van der Waals surface area contributed by atoms with E-state index in [4.69, 9.17) is 4.74 Å². The van der Waals surface area contributed by atoms with Crippen molar-refractivity contribution in [2.24, 2.45) is 5.92 Å². The highest BCUT2D eigenvalue weighted by Crippen LogP contribution is 2.29. The van der Waals surface area contributed by atoms with Gasteiger partial charge in [0, 0.05) is 25.7 Å². The van der Waals surface area contributed by atoms with Gasteiger partial charge in [0.2, 0.25) is 5.91 Å². The fourth-order valence-corrected chi connectivity index (χ4v) is 3.88. The zero-order valence-electron chi connectivity index (χ0n) is 11.9. The molecule has 0 aromatic rings. The van der Waals surface area contributed by atoms with Gasteiger partial charge >= 0.3 is 0 Å². The lowest BCUT2D eigenvalue weighted by molar-refractivity contribution is -0.136. The Morgan fingerprint density at radius 1 is 1.05 bits per heavy atom. The second-order valence-electron chi connectivity index (χ2n) is 6.25. The highest BCUT2D eigenvalue weighted by atomic mass is 16.5. The molecule has 3 aliphatic rings. The number of carbonyl (C=O) groups excluding carboxylic acids is 1. The summed E-state index contributed by atoms with van der Waals surface area (Å²) in [6.45, 7) is 5.46. The van der Waals surface area contributed by atoms with E-state index in [1.54, 1.807) is 0 Å². The summed E-state index contributed by atoms with van der Waals surface area (Å²) in [5.74, 6) is 1.02.